The number of urea groups is 1. The van der Waals surface area contributed by atoms with Gasteiger partial charge in [-0.3, -0.25) is 9.69 Å². The Bertz CT molecular complexity index is 813. The largest absolute Gasteiger partial charge is 0.327 e. The molecule has 24 heavy (non-hydrogen) atoms. The molecule has 0 N–H and O–H groups in total. The second-order valence-electron chi connectivity index (χ2n) is 5.91. The van der Waals surface area contributed by atoms with E-state index in [4.69, 9.17) is 0 Å². The predicted molar refractivity (Wildman–Crippen MR) is 79.2 cm³/mol. The second kappa shape index (κ2) is 5.40. The van der Waals surface area contributed by atoms with Crippen molar-refractivity contribution in [3.8, 4) is 5.69 Å². The molecule has 0 bridgehead atoms. The van der Waals surface area contributed by atoms with Gasteiger partial charge in [0.15, 0.2) is 5.82 Å². The van der Waals surface area contributed by atoms with Crippen LogP contribution in [0.4, 0.5) is 13.6 Å². The Morgan fingerprint density at radius 3 is 2.79 bits per heavy atom. The predicted octanol–water partition coefficient (Wildman–Crippen LogP) is 2.08. The Kier molecular flexibility index (Phi) is 3.33. The van der Waals surface area contributed by atoms with E-state index in [2.05, 4.69) is 5.10 Å². The molecule has 0 unspecified atom stereocenters. The lowest BCUT2D eigenvalue weighted by Gasteiger charge is -2.14. The van der Waals surface area contributed by atoms with Crippen molar-refractivity contribution in [2.45, 2.75) is 25.4 Å². The van der Waals surface area contributed by atoms with Gasteiger partial charge in [-0.2, -0.15) is 5.10 Å². The van der Waals surface area contributed by atoms with Crippen LogP contribution in [-0.2, 0) is 11.3 Å². The second-order valence-corrected chi connectivity index (χ2v) is 5.91. The first kappa shape index (κ1) is 14.8. The first-order valence-electron chi connectivity index (χ1n) is 7.66. The number of imide groups is 1. The Balaban J connectivity index is 1.56. The van der Waals surface area contributed by atoms with Crippen LogP contribution in [0.25, 0.3) is 5.69 Å². The minimum Gasteiger partial charge on any atom is -0.312 e. The number of amides is 3. The maximum Gasteiger partial charge on any atom is 0.327 e. The van der Waals surface area contributed by atoms with Crippen LogP contribution < -0.4 is 0 Å². The highest BCUT2D eigenvalue weighted by atomic mass is 19.1. The van der Waals surface area contributed by atoms with E-state index in [0.29, 0.717) is 18.7 Å². The number of carbonyl (C=O) groups excluding carboxylic acids is 2. The Hall–Kier alpha value is -2.77. The molecule has 6 nitrogen and oxygen atoms in total. The summed E-state index contributed by atoms with van der Waals surface area (Å²) in [4.78, 5) is 27.3. The quantitative estimate of drug-likeness (QED) is 0.809. The number of aromatic nitrogens is 2. The zero-order valence-corrected chi connectivity index (χ0v) is 12.7. The average Bonchev–Trinajstić information content (AvgIpc) is 3.24. The number of hydrogen-bond donors (Lipinski definition) is 0. The lowest BCUT2D eigenvalue weighted by atomic mass is 10.2. The van der Waals surface area contributed by atoms with Crippen molar-refractivity contribution < 1.29 is 18.4 Å². The van der Waals surface area contributed by atoms with E-state index in [1.807, 2.05) is 0 Å². The molecular weight excluding hydrogens is 318 g/mol. The Morgan fingerprint density at radius 1 is 1.21 bits per heavy atom. The van der Waals surface area contributed by atoms with Crippen LogP contribution in [-0.4, -0.2) is 44.1 Å². The van der Waals surface area contributed by atoms with E-state index in [9.17, 15) is 18.4 Å². The van der Waals surface area contributed by atoms with E-state index < -0.39 is 11.6 Å². The molecule has 2 fully saturated rings. The topological polar surface area (TPSA) is 58.4 Å². The molecule has 3 amide bonds. The maximum atomic E-state index is 13.8. The van der Waals surface area contributed by atoms with E-state index >= 15 is 0 Å². The number of fused-ring (bicyclic) bond motifs is 1. The van der Waals surface area contributed by atoms with E-state index in [0.717, 1.165) is 18.6 Å². The molecule has 0 saturated carbocycles. The minimum atomic E-state index is -0.737. The summed E-state index contributed by atoms with van der Waals surface area (Å²) in [5, 5.41) is 4.19. The highest BCUT2D eigenvalue weighted by Crippen LogP contribution is 2.28. The molecule has 2 aliphatic heterocycles. The van der Waals surface area contributed by atoms with E-state index in [1.165, 1.54) is 21.8 Å². The van der Waals surface area contributed by atoms with Gasteiger partial charge in [-0.25, -0.2) is 18.3 Å². The molecule has 1 aromatic heterocycles. The molecule has 0 radical (unpaired) electrons. The monoisotopic (exact) mass is 332 g/mol. The first-order chi connectivity index (χ1) is 11.5. The highest BCUT2D eigenvalue weighted by Gasteiger charge is 2.47. The van der Waals surface area contributed by atoms with E-state index in [1.54, 1.807) is 11.0 Å². The van der Waals surface area contributed by atoms with Crippen molar-refractivity contribution in [3.63, 3.8) is 0 Å². The number of rotatable bonds is 3. The standard InChI is InChI=1S/C16H14F2N4O2/c17-10-3-4-13(12(18)8-10)22-7-5-11(19-22)9-21-15(23)14-2-1-6-20(14)16(21)24/h3-5,7-8,14H,1-2,6,9H2/t14-/m1/s1. The molecule has 1 atom stereocenters. The molecule has 0 spiro atoms. The molecule has 124 valence electrons. The third-order valence-corrected chi connectivity index (χ3v) is 4.40. The van der Waals surface area contributed by atoms with Gasteiger partial charge in [0.25, 0.3) is 5.91 Å². The van der Waals surface area contributed by atoms with Gasteiger partial charge in [0.1, 0.15) is 17.5 Å². The van der Waals surface area contributed by atoms with Gasteiger partial charge in [0.2, 0.25) is 0 Å². The third kappa shape index (κ3) is 2.26. The average molecular weight is 332 g/mol. The van der Waals surface area contributed by atoms with Crippen molar-refractivity contribution in [1.29, 1.82) is 0 Å². The van der Waals surface area contributed by atoms with Crippen LogP contribution in [0.5, 0.6) is 0 Å². The zero-order valence-electron chi connectivity index (χ0n) is 12.7. The number of nitrogens with zero attached hydrogens (tertiary/aromatic N) is 4. The summed E-state index contributed by atoms with van der Waals surface area (Å²) in [6, 6.07) is 4.15. The molecule has 2 aliphatic rings. The van der Waals surface area contributed by atoms with Crippen LogP contribution in [0.15, 0.2) is 30.5 Å². The Labute approximate surface area is 136 Å². The van der Waals surface area contributed by atoms with Crippen molar-refractivity contribution in [2.75, 3.05) is 6.54 Å². The molecule has 3 heterocycles. The molecule has 2 aromatic rings. The Morgan fingerprint density at radius 2 is 2.04 bits per heavy atom. The molecule has 2 saturated heterocycles. The smallest absolute Gasteiger partial charge is 0.312 e. The zero-order chi connectivity index (χ0) is 16.8. The molecule has 1 aromatic carbocycles. The maximum absolute atomic E-state index is 13.8. The number of hydrogen-bond acceptors (Lipinski definition) is 3. The van der Waals surface area contributed by atoms with Gasteiger partial charge < -0.3 is 4.90 Å². The fraction of sp³-hybridized carbons (Fsp3) is 0.312. The molecule has 8 heteroatoms. The fourth-order valence-electron chi connectivity index (χ4n) is 3.24. The third-order valence-electron chi connectivity index (χ3n) is 4.40. The summed E-state index contributed by atoms with van der Waals surface area (Å²) in [5.41, 5.74) is 0.559. The van der Waals surface area contributed by atoms with Crippen LogP contribution in [0.1, 0.15) is 18.5 Å². The minimum absolute atomic E-state index is 0.0421. The first-order valence-corrected chi connectivity index (χ1v) is 7.66. The van der Waals surface area contributed by atoms with Crippen molar-refractivity contribution >= 4 is 11.9 Å². The van der Waals surface area contributed by atoms with Gasteiger partial charge in [-0.15, -0.1) is 0 Å². The molecule has 0 aliphatic carbocycles. The number of halogens is 2. The van der Waals surface area contributed by atoms with Crippen LogP contribution in [0.2, 0.25) is 0 Å². The summed E-state index contributed by atoms with van der Waals surface area (Å²) in [6.07, 6.45) is 3.04. The van der Waals surface area contributed by atoms with Crippen molar-refractivity contribution in [2.24, 2.45) is 0 Å². The molecular formula is C16H14F2N4O2. The van der Waals surface area contributed by atoms with Gasteiger partial charge in [0, 0.05) is 18.8 Å². The van der Waals surface area contributed by atoms with Gasteiger partial charge in [0.05, 0.1) is 12.2 Å². The van der Waals surface area contributed by atoms with Crippen LogP contribution >= 0.6 is 0 Å². The fourth-order valence-corrected chi connectivity index (χ4v) is 3.24. The lowest BCUT2D eigenvalue weighted by molar-refractivity contribution is -0.128. The highest BCUT2D eigenvalue weighted by molar-refractivity contribution is 6.04. The van der Waals surface area contributed by atoms with Gasteiger partial charge >= 0.3 is 6.03 Å². The lowest BCUT2D eigenvalue weighted by Crippen LogP contribution is -2.32. The van der Waals surface area contributed by atoms with Crippen molar-refractivity contribution in [3.05, 3.63) is 47.8 Å². The van der Waals surface area contributed by atoms with Gasteiger partial charge in [-0.1, -0.05) is 0 Å². The van der Waals surface area contributed by atoms with Crippen molar-refractivity contribution in [1.82, 2.24) is 19.6 Å². The summed E-state index contributed by atoms with van der Waals surface area (Å²) in [7, 11) is 0. The van der Waals surface area contributed by atoms with E-state index in [-0.39, 0.29) is 30.2 Å². The van der Waals surface area contributed by atoms with Crippen LogP contribution in [0.3, 0.4) is 0 Å². The normalized spacial score (nSPS) is 20.2. The molecule has 4 rings (SSSR count). The van der Waals surface area contributed by atoms with Gasteiger partial charge in [-0.05, 0) is 31.0 Å². The number of benzene rings is 1. The summed E-state index contributed by atoms with van der Waals surface area (Å²) < 4.78 is 28.0. The SMILES string of the molecule is O=C1[C@H]2CCCN2C(=O)N1Cc1ccn(-c2ccc(F)cc2F)n1. The van der Waals surface area contributed by atoms with Crippen LogP contribution in [0, 0.1) is 11.6 Å². The number of carbonyl (C=O) groups is 2. The summed E-state index contributed by atoms with van der Waals surface area (Å²) in [6.45, 7) is 0.640. The summed E-state index contributed by atoms with van der Waals surface area (Å²) in [5.74, 6) is -1.61. The summed E-state index contributed by atoms with van der Waals surface area (Å²) >= 11 is 0.